The van der Waals surface area contributed by atoms with Crippen molar-refractivity contribution in [3.8, 4) is 28.5 Å². The Bertz CT molecular complexity index is 1300. The van der Waals surface area contributed by atoms with Crippen LogP contribution in [0.25, 0.3) is 11.3 Å². The fourth-order valence-electron chi connectivity index (χ4n) is 3.79. The van der Waals surface area contributed by atoms with Gasteiger partial charge in [-0.3, -0.25) is 9.59 Å². The number of amides is 1. The monoisotopic (exact) mass is 514 g/mol. The van der Waals surface area contributed by atoms with Crippen LogP contribution in [0.4, 0.5) is 4.39 Å². The van der Waals surface area contributed by atoms with Crippen molar-refractivity contribution in [3.05, 3.63) is 70.1 Å². The molecule has 10 heteroatoms. The van der Waals surface area contributed by atoms with Gasteiger partial charge < -0.3 is 24.6 Å². The molecule has 0 aliphatic carbocycles. The number of carbonyl (C=O) groups excluding carboxylic acids is 2. The van der Waals surface area contributed by atoms with Gasteiger partial charge in [0.05, 0.1) is 31.9 Å². The van der Waals surface area contributed by atoms with Crippen molar-refractivity contribution < 1.29 is 33.3 Å². The number of nitrogens with one attached hydrogen (secondary N) is 1. The zero-order valence-electron chi connectivity index (χ0n) is 19.5. The second-order valence-electron chi connectivity index (χ2n) is 7.97. The average molecular weight is 515 g/mol. The third kappa shape index (κ3) is 5.58. The largest absolute Gasteiger partial charge is 0.493 e. The molecule has 2 heterocycles. The Morgan fingerprint density at radius 3 is 2.78 bits per heavy atom. The van der Waals surface area contributed by atoms with Crippen LogP contribution >= 0.6 is 11.6 Å². The van der Waals surface area contributed by atoms with Gasteiger partial charge >= 0.3 is 0 Å². The first-order valence-electron chi connectivity index (χ1n) is 11.3. The van der Waals surface area contributed by atoms with E-state index in [1.54, 1.807) is 12.1 Å². The normalized spacial score (nSPS) is 12.3. The molecule has 1 aromatic heterocycles. The summed E-state index contributed by atoms with van der Waals surface area (Å²) in [4.78, 5) is 30.1. The third-order valence-corrected chi connectivity index (χ3v) is 5.84. The van der Waals surface area contributed by atoms with Crippen LogP contribution < -0.4 is 19.5 Å². The van der Waals surface area contributed by atoms with Gasteiger partial charge in [0.15, 0.2) is 17.3 Å². The molecule has 0 fully saturated rings. The molecule has 0 atom stereocenters. The summed E-state index contributed by atoms with van der Waals surface area (Å²) in [6.45, 7) is 0.140. The number of hydrogen-bond acceptors (Lipinski definition) is 7. The Hall–Kier alpha value is -3.69. The van der Waals surface area contributed by atoms with Gasteiger partial charge in [0.2, 0.25) is 0 Å². The zero-order valence-corrected chi connectivity index (χ0v) is 20.2. The highest BCUT2D eigenvalue weighted by Gasteiger charge is 2.22. The van der Waals surface area contributed by atoms with Crippen molar-refractivity contribution in [2.24, 2.45) is 0 Å². The van der Waals surface area contributed by atoms with Crippen molar-refractivity contribution in [3.63, 3.8) is 0 Å². The van der Waals surface area contributed by atoms with E-state index >= 15 is 0 Å². The first-order chi connectivity index (χ1) is 17.4. The van der Waals surface area contributed by atoms with E-state index in [-0.39, 0.29) is 36.0 Å². The summed E-state index contributed by atoms with van der Waals surface area (Å²) >= 11 is 5.96. The van der Waals surface area contributed by atoms with Crippen LogP contribution in [0.1, 0.15) is 32.8 Å². The minimum atomic E-state index is -0.560. The number of halogens is 2. The highest BCUT2D eigenvalue weighted by molar-refractivity contribution is 6.31. The van der Waals surface area contributed by atoms with E-state index in [9.17, 15) is 14.0 Å². The van der Waals surface area contributed by atoms with E-state index in [2.05, 4.69) is 10.3 Å². The van der Waals surface area contributed by atoms with E-state index < -0.39 is 17.5 Å². The number of ketones is 1. The Morgan fingerprint density at radius 1 is 1.19 bits per heavy atom. The summed E-state index contributed by atoms with van der Waals surface area (Å²) in [6.07, 6.45) is 1.47. The number of fused-ring (bicyclic) bond motifs is 1. The Kier molecular flexibility index (Phi) is 8.02. The maximum Gasteiger partial charge on any atom is 0.251 e. The zero-order chi connectivity index (χ0) is 25.7. The lowest BCUT2D eigenvalue weighted by atomic mass is 10.00. The smallest absolute Gasteiger partial charge is 0.251 e. The van der Waals surface area contributed by atoms with Gasteiger partial charge in [0.1, 0.15) is 29.6 Å². The molecule has 0 saturated carbocycles. The number of Topliss-reactive ketones (excluding diaryl/α,β-unsaturated/α-hetero) is 1. The molecule has 8 nitrogen and oxygen atoms in total. The van der Waals surface area contributed by atoms with Crippen LogP contribution in [-0.4, -0.2) is 55.3 Å². The van der Waals surface area contributed by atoms with E-state index in [1.807, 2.05) is 0 Å². The van der Waals surface area contributed by atoms with Crippen molar-refractivity contribution in [2.75, 3.05) is 33.5 Å². The van der Waals surface area contributed by atoms with Gasteiger partial charge in [-0.25, -0.2) is 9.37 Å². The molecule has 0 radical (unpaired) electrons. The van der Waals surface area contributed by atoms with E-state index in [0.717, 1.165) is 12.0 Å². The Morgan fingerprint density at radius 2 is 2.03 bits per heavy atom. The summed E-state index contributed by atoms with van der Waals surface area (Å²) in [5.41, 5.74) is 2.15. The standard InChI is InChI=1S/C26H24ClFN2O6/c1-34-23-13-17(5-7-22(23)35-10-8-31)26(33)29-14-21(32)20-12-16-3-2-9-36-25(16)24(30-20)15-4-6-19(28)18(27)11-15/h4-7,11-13,31H,2-3,8-10,14H2,1H3,(H,29,33). The lowest BCUT2D eigenvalue weighted by Gasteiger charge is -2.21. The number of rotatable bonds is 9. The maximum absolute atomic E-state index is 13.7. The first kappa shape index (κ1) is 25.4. The van der Waals surface area contributed by atoms with E-state index in [1.165, 1.54) is 37.4 Å². The molecule has 0 saturated heterocycles. The second-order valence-corrected chi connectivity index (χ2v) is 8.38. The third-order valence-electron chi connectivity index (χ3n) is 5.55. The number of hydrogen-bond donors (Lipinski definition) is 2. The molecule has 1 aliphatic heterocycles. The molecule has 3 aromatic rings. The number of carbonyl (C=O) groups is 2. The number of benzene rings is 2. The van der Waals surface area contributed by atoms with Crippen LogP contribution in [0.5, 0.6) is 17.2 Å². The summed E-state index contributed by atoms with van der Waals surface area (Å²) in [5, 5.41) is 11.5. The van der Waals surface area contributed by atoms with Crippen molar-refractivity contribution in [1.82, 2.24) is 10.3 Å². The summed E-state index contributed by atoms with van der Waals surface area (Å²) in [7, 11) is 1.43. The van der Waals surface area contributed by atoms with E-state index in [0.29, 0.717) is 41.5 Å². The number of methoxy groups -OCH3 is 1. The predicted molar refractivity (Wildman–Crippen MR) is 131 cm³/mol. The predicted octanol–water partition coefficient (Wildman–Crippen LogP) is 3.86. The topological polar surface area (TPSA) is 107 Å². The summed E-state index contributed by atoms with van der Waals surface area (Å²) < 4.78 is 30.1. The molecule has 0 spiro atoms. The highest BCUT2D eigenvalue weighted by atomic mass is 35.5. The number of aliphatic hydroxyl groups excluding tert-OH is 1. The van der Waals surface area contributed by atoms with Crippen molar-refractivity contribution in [1.29, 1.82) is 0 Å². The van der Waals surface area contributed by atoms with Crippen LogP contribution in [-0.2, 0) is 6.42 Å². The fourth-order valence-corrected chi connectivity index (χ4v) is 3.97. The van der Waals surface area contributed by atoms with Crippen LogP contribution in [0.15, 0.2) is 42.5 Å². The maximum atomic E-state index is 13.7. The Balaban J connectivity index is 1.53. The van der Waals surface area contributed by atoms with Crippen LogP contribution in [0.2, 0.25) is 5.02 Å². The number of aryl methyl sites for hydroxylation is 1. The van der Waals surface area contributed by atoms with Gasteiger partial charge in [-0.15, -0.1) is 0 Å². The minimum Gasteiger partial charge on any atom is -0.493 e. The van der Waals surface area contributed by atoms with Gasteiger partial charge in [-0.05, 0) is 60.9 Å². The van der Waals surface area contributed by atoms with Crippen LogP contribution in [0, 0.1) is 5.82 Å². The molecular weight excluding hydrogens is 491 g/mol. The lowest BCUT2D eigenvalue weighted by Crippen LogP contribution is -2.30. The van der Waals surface area contributed by atoms with Gasteiger partial charge in [0, 0.05) is 11.1 Å². The van der Waals surface area contributed by atoms with Gasteiger partial charge in [0.25, 0.3) is 5.91 Å². The van der Waals surface area contributed by atoms with Gasteiger partial charge in [-0.1, -0.05) is 11.6 Å². The Labute approximate surface area is 212 Å². The average Bonchev–Trinajstić information content (AvgIpc) is 2.91. The molecule has 2 N–H and O–H groups in total. The van der Waals surface area contributed by atoms with Crippen molar-refractivity contribution in [2.45, 2.75) is 12.8 Å². The molecule has 1 amide bonds. The lowest BCUT2D eigenvalue weighted by molar-refractivity contribution is 0.0902. The van der Waals surface area contributed by atoms with E-state index in [4.69, 9.17) is 30.9 Å². The highest BCUT2D eigenvalue weighted by Crippen LogP contribution is 2.37. The molecule has 2 aromatic carbocycles. The molecule has 36 heavy (non-hydrogen) atoms. The molecule has 0 bridgehead atoms. The van der Waals surface area contributed by atoms with Crippen molar-refractivity contribution >= 4 is 23.3 Å². The number of aromatic nitrogens is 1. The molecule has 188 valence electrons. The quantitative estimate of drug-likeness (QED) is 0.417. The fraction of sp³-hybridized carbons (Fsp3) is 0.269. The number of pyridine rings is 1. The van der Waals surface area contributed by atoms with Gasteiger partial charge in [-0.2, -0.15) is 0 Å². The summed E-state index contributed by atoms with van der Waals surface area (Å²) in [5.74, 6) is -0.201. The molecular formula is C26H24ClFN2O6. The molecule has 0 unspecified atom stereocenters. The SMILES string of the molecule is COc1cc(C(=O)NCC(=O)c2cc3c(c(-c4ccc(F)c(Cl)c4)n2)OCCC3)ccc1OCCO. The number of ether oxygens (including phenoxy) is 3. The molecule has 4 rings (SSSR count). The second kappa shape index (κ2) is 11.4. The van der Waals surface area contributed by atoms with Crippen LogP contribution in [0.3, 0.4) is 0 Å². The summed E-state index contributed by atoms with van der Waals surface area (Å²) in [6, 6.07) is 10.4. The minimum absolute atomic E-state index is 0.0638. The number of aliphatic hydroxyl groups is 1. The molecule has 1 aliphatic rings. The first-order valence-corrected chi connectivity index (χ1v) is 11.6. The number of nitrogens with zero attached hydrogens (tertiary/aromatic N) is 1.